The minimum atomic E-state index is -0.0612. The van der Waals surface area contributed by atoms with Crippen LogP contribution in [0, 0.1) is 5.92 Å². The molecular formula is C20H25N5O. The number of piperidine rings is 2. The molecule has 4 saturated heterocycles. The number of imidazole rings is 1. The van der Waals surface area contributed by atoms with Crippen LogP contribution in [0.3, 0.4) is 0 Å². The van der Waals surface area contributed by atoms with Gasteiger partial charge in [0.15, 0.2) is 5.82 Å². The summed E-state index contributed by atoms with van der Waals surface area (Å²) in [5, 5.41) is 3.40. The van der Waals surface area contributed by atoms with Crippen LogP contribution in [-0.4, -0.2) is 70.6 Å². The van der Waals surface area contributed by atoms with Gasteiger partial charge in [-0.3, -0.25) is 4.79 Å². The van der Waals surface area contributed by atoms with E-state index in [1.807, 2.05) is 13.2 Å². The number of fused-ring (bicyclic) bond motifs is 1. The summed E-state index contributed by atoms with van der Waals surface area (Å²) in [5.41, 5.74) is 1.28. The molecule has 3 atom stereocenters. The van der Waals surface area contributed by atoms with Crippen LogP contribution in [0.25, 0.3) is 0 Å². The zero-order valence-corrected chi connectivity index (χ0v) is 15.1. The molecule has 4 bridgehead atoms. The predicted molar refractivity (Wildman–Crippen MR) is 99.0 cm³/mol. The van der Waals surface area contributed by atoms with Crippen LogP contribution in [0.2, 0.25) is 0 Å². The van der Waals surface area contributed by atoms with Gasteiger partial charge in [-0.2, -0.15) is 0 Å². The summed E-state index contributed by atoms with van der Waals surface area (Å²) in [4.78, 5) is 22.4. The lowest BCUT2D eigenvalue weighted by molar-refractivity contribution is 0.0177. The van der Waals surface area contributed by atoms with Crippen molar-refractivity contribution in [1.82, 2.24) is 24.7 Å². The summed E-state index contributed by atoms with van der Waals surface area (Å²) in [5.74, 6) is 0.874. The van der Waals surface area contributed by atoms with Gasteiger partial charge in [-0.1, -0.05) is 30.3 Å². The van der Waals surface area contributed by atoms with E-state index in [-0.39, 0.29) is 17.4 Å². The Bertz CT molecular complexity index is 801. The molecule has 26 heavy (non-hydrogen) atoms. The molecule has 1 N–H and O–H groups in total. The van der Waals surface area contributed by atoms with E-state index < -0.39 is 0 Å². The van der Waals surface area contributed by atoms with Crippen molar-refractivity contribution in [3.63, 3.8) is 0 Å². The molecule has 6 rings (SSSR count). The highest BCUT2D eigenvalue weighted by Crippen LogP contribution is 2.43. The molecule has 136 valence electrons. The number of aromatic nitrogens is 2. The third kappa shape index (κ3) is 2.40. The van der Waals surface area contributed by atoms with Crippen LogP contribution in [0.15, 0.2) is 42.7 Å². The summed E-state index contributed by atoms with van der Waals surface area (Å²) in [6, 6.07) is 10.9. The molecule has 6 heteroatoms. The van der Waals surface area contributed by atoms with E-state index in [9.17, 15) is 4.79 Å². The topological polar surface area (TPSA) is 53.4 Å². The highest BCUT2D eigenvalue weighted by molar-refractivity contribution is 5.91. The molecule has 0 saturated carbocycles. The quantitative estimate of drug-likeness (QED) is 0.885. The zero-order valence-electron chi connectivity index (χ0n) is 15.1. The number of rotatable bonds is 3. The van der Waals surface area contributed by atoms with Crippen LogP contribution in [0.1, 0.15) is 16.2 Å². The maximum atomic E-state index is 13.0. The number of carbonyl (C=O) groups is 1. The summed E-state index contributed by atoms with van der Waals surface area (Å²) in [7, 11) is 1.87. The number of amides is 1. The van der Waals surface area contributed by atoms with Crippen LogP contribution in [0.5, 0.6) is 0 Å². The molecule has 1 aromatic carbocycles. The zero-order chi connectivity index (χ0) is 17.7. The van der Waals surface area contributed by atoms with Gasteiger partial charge in [0.1, 0.15) is 0 Å². The second-order valence-electron chi connectivity index (χ2n) is 8.07. The largest absolute Gasteiger partial charge is 0.345 e. The minimum Gasteiger partial charge on any atom is -0.345 e. The van der Waals surface area contributed by atoms with Gasteiger partial charge in [-0.05, 0) is 5.56 Å². The highest BCUT2D eigenvalue weighted by atomic mass is 16.2. The third-order valence-corrected chi connectivity index (χ3v) is 6.46. The van der Waals surface area contributed by atoms with Gasteiger partial charge < -0.3 is 19.7 Å². The molecule has 3 unspecified atom stereocenters. The van der Waals surface area contributed by atoms with Crippen LogP contribution < -0.4 is 5.32 Å². The van der Waals surface area contributed by atoms with Crippen molar-refractivity contribution in [3.8, 4) is 0 Å². The third-order valence-electron chi connectivity index (χ3n) is 6.46. The molecule has 4 fully saturated rings. The number of nitrogens with zero attached hydrogens (tertiary/aromatic N) is 4. The fourth-order valence-electron chi connectivity index (χ4n) is 5.36. The number of hydrogen-bond acceptors (Lipinski definition) is 4. The van der Waals surface area contributed by atoms with Gasteiger partial charge >= 0.3 is 0 Å². The Morgan fingerprint density at radius 2 is 1.85 bits per heavy atom. The second kappa shape index (κ2) is 5.93. The number of nitrogens with one attached hydrogen (secondary N) is 1. The van der Waals surface area contributed by atoms with Gasteiger partial charge in [0, 0.05) is 76.1 Å². The first kappa shape index (κ1) is 16.0. The first-order chi connectivity index (χ1) is 12.7. The molecule has 4 aliphatic heterocycles. The van der Waals surface area contributed by atoms with Gasteiger partial charge in [0.2, 0.25) is 0 Å². The first-order valence-electron chi connectivity index (χ1n) is 9.44. The molecule has 0 spiro atoms. The fourth-order valence-corrected chi connectivity index (χ4v) is 5.36. The van der Waals surface area contributed by atoms with E-state index in [0.717, 1.165) is 39.3 Å². The summed E-state index contributed by atoms with van der Waals surface area (Å²) in [6.07, 6.45) is 3.50. The number of aryl methyl sites for hydroxylation is 1. The minimum absolute atomic E-state index is 0.0558. The number of carbonyl (C=O) groups excluding carboxylic acids is 1. The number of benzene rings is 1. The SMILES string of the molecule is Cn1ccnc1C(=O)NC1C2CN3CCN(C2)CC1(c1ccccc1)C3. The Balaban J connectivity index is 1.54. The fraction of sp³-hybridized carbons (Fsp3) is 0.500. The molecular weight excluding hydrogens is 326 g/mol. The molecule has 2 aromatic rings. The van der Waals surface area contributed by atoms with Crippen molar-refractivity contribution in [2.45, 2.75) is 11.5 Å². The number of hydrogen-bond donors (Lipinski definition) is 1. The molecule has 1 aromatic heterocycles. The molecule has 4 aliphatic rings. The summed E-state index contributed by atoms with van der Waals surface area (Å²) < 4.78 is 1.79. The van der Waals surface area contributed by atoms with E-state index in [1.54, 1.807) is 10.8 Å². The van der Waals surface area contributed by atoms with Crippen molar-refractivity contribution >= 4 is 5.91 Å². The Morgan fingerprint density at radius 3 is 2.46 bits per heavy atom. The van der Waals surface area contributed by atoms with Gasteiger partial charge in [-0.25, -0.2) is 4.98 Å². The lowest BCUT2D eigenvalue weighted by Gasteiger charge is -2.55. The lowest BCUT2D eigenvalue weighted by atomic mass is 9.64. The normalized spacial score (nSPS) is 35.3. The van der Waals surface area contributed by atoms with E-state index in [0.29, 0.717) is 11.7 Å². The Labute approximate surface area is 153 Å². The van der Waals surface area contributed by atoms with Crippen molar-refractivity contribution in [1.29, 1.82) is 0 Å². The summed E-state index contributed by atoms with van der Waals surface area (Å²) >= 11 is 0. The predicted octanol–water partition coefficient (Wildman–Crippen LogP) is 0.718. The maximum Gasteiger partial charge on any atom is 0.287 e. The molecule has 0 aliphatic carbocycles. The average molecular weight is 351 g/mol. The summed E-state index contributed by atoms with van der Waals surface area (Å²) in [6.45, 7) is 6.41. The van der Waals surface area contributed by atoms with Crippen LogP contribution >= 0.6 is 0 Å². The van der Waals surface area contributed by atoms with Gasteiger partial charge in [-0.15, -0.1) is 0 Å². The molecule has 1 amide bonds. The van der Waals surface area contributed by atoms with Crippen molar-refractivity contribution < 1.29 is 4.79 Å². The Morgan fingerprint density at radius 1 is 1.15 bits per heavy atom. The van der Waals surface area contributed by atoms with Crippen molar-refractivity contribution in [2.75, 3.05) is 39.3 Å². The maximum absolute atomic E-state index is 13.0. The molecule has 5 heterocycles. The van der Waals surface area contributed by atoms with E-state index in [4.69, 9.17) is 0 Å². The van der Waals surface area contributed by atoms with Gasteiger partial charge in [0.25, 0.3) is 5.91 Å². The van der Waals surface area contributed by atoms with Gasteiger partial charge in [0.05, 0.1) is 0 Å². The average Bonchev–Trinajstić information content (AvgIpc) is 2.92. The first-order valence-corrected chi connectivity index (χ1v) is 9.44. The van der Waals surface area contributed by atoms with Crippen LogP contribution in [0.4, 0.5) is 0 Å². The smallest absolute Gasteiger partial charge is 0.287 e. The highest BCUT2D eigenvalue weighted by Gasteiger charge is 2.55. The van der Waals surface area contributed by atoms with Crippen LogP contribution in [-0.2, 0) is 12.5 Å². The van der Waals surface area contributed by atoms with E-state index >= 15 is 0 Å². The van der Waals surface area contributed by atoms with E-state index in [2.05, 4.69) is 50.4 Å². The standard InChI is InChI=1S/C20H25N5O/c1-23-8-7-21-18(23)19(26)22-17-15-11-24-9-10-25(12-15)14-20(17,13-24)16-5-3-2-4-6-16/h2-8,15,17H,9-14H2,1H3,(H,22,26). The molecule has 0 radical (unpaired) electrons. The second-order valence-corrected chi connectivity index (χ2v) is 8.07. The Hall–Kier alpha value is -2.18. The monoisotopic (exact) mass is 351 g/mol. The Kier molecular flexibility index (Phi) is 3.65. The van der Waals surface area contributed by atoms with Crippen molar-refractivity contribution in [2.24, 2.45) is 13.0 Å². The lowest BCUT2D eigenvalue weighted by Crippen LogP contribution is -2.70. The van der Waals surface area contributed by atoms with Crippen molar-refractivity contribution in [3.05, 3.63) is 54.1 Å². The van der Waals surface area contributed by atoms with E-state index in [1.165, 1.54) is 5.56 Å². The molecule has 6 nitrogen and oxygen atoms in total.